The number of anilines is 1. The number of nitrogens with one attached hydrogen (secondary N) is 1. The van der Waals surface area contributed by atoms with Crippen molar-refractivity contribution < 1.29 is 9.53 Å². The molecular formula is C11H13ClN2O2. The lowest BCUT2D eigenvalue weighted by atomic mass is 10.1. The second kappa shape index (κ2) is 4.31. The van der Waals surface area contributed by atoms with E-state index in [0.29, 0.717) is 5.75 Å². The summed E-state index contributed by atoms with van der Waals surface area (Å²) in [5.41, 5.74) is 1.40. The lowest BCUT2D eigenvalue weighted by molar-refractivity contribution is -0.120. The van der Waals surface area contributed by atoms with Crippen molar-refractivity contribution in [2.24, 2.45) is 0 Å². The van der Waals surface area contributed by atoms with E-state index < -0.39 is 0 Å². The van der Waals surface area contributed by atoms with E-state index in [0.717, 1.165) is 11.3 Å². The first-order valence-electron chi connectivity index (χ1n) is 4.98. The summed E-state index contributed by atoms with van der Waals surface area (Å²) in [4.78, 5) is 13.0. The SMILES string of the molecule is CNC(Cl)c1ccc2c(c1)N(C)C(=O)CO2. The Hall–Kier alpha value is -1.26. The zero-order valence-corrected chi connectivity index (χ0v) is 9.91. The minimum Gasteiger partial charge on any atom is -0.482 e. The van der Waals surface area contributed by atoms with Crippen LogP contribution in [0.3, 0.4) is 0 Å². The van der Waals surface area contributed by atoms with Gasteiger partial charge in [0.2, 0.25) is 0 Å². The van der Waals surface area contributed by atoms with Gasteiger partial charge in [0, 0.05) is 7.05 Å². The molecule has 1 aliphatic rings. The second-order valence-corrected chi connectivity index (χ2v) is 4.06. The fourth-order valence-electron chi connectivity index (χ4n) is 1.61. The topological polar surface area (TPSA) is 41.6 Å². The molecule has 0 saturated heterocycles. The molecule has 1 aromatic carbocycles. The Morgan fingerprint density at radius 1 is 1.56 bits per heavy atom. The number of benzene rings is 1. The molecule has 0 bridgehead atoms. The van der Waals surface area contributed by atoms with Crippen LogP contribution in [0, 0.1) is 0 Å². The summed E-state index contributed by atoms with van der Waals surface area (Å²) >= 11 is 6.06. The third-order valence-corrected chi connectivity index (χ3v) is 3.09. The van der Waals surface area contributed by atoms with Crippen LogP contribution in [0.4, 0.5) is 5.69 Å². The van der Waals surface area contributed by atoms with Crippen LogP contribution >= 0.6 is 11.6 Å². The zero-order valence-electron chi connectivity index (χ0n) is 9.16. The van der Waals surface area contributed by atoms with Gasteiger partial charge < -0.3 is 15.0 Å². The van der Waals surface area contributed by atoms with Gasteiger partial charge in [-0.05, 0) is 24.7 Å². The molecule has 0 fully saturated rings. The number of carbonyl (C=O) groups excluding carboxylic acids is 1. The Labute approximate surface area is 99.1 Å². The molecule has 4 nitrogen and oxygen atoms in total. The van der Waals surface area contributed by atoms with Gasteiger partial charge in [0.15, 0.2) is 6.61 Å². The molecule has 16 heavy (non-hydrogen) atoms. The molecule has 0 radical (unpaired) electrons. The van der Waals surface area contributed by atoms with E-state index >= 15 is 0 Å². The highest BCUT2D eigenvalue weighted by atomic mass is 35.5. The number of hydrogen-bond acceptors (Lipinski definition) is 3. The van der Waals surface area contributed by atoms with Crippen molar-refractivity contribution in [1.82, 2.24) is 5.32 Å². The Morgan fingerprint density at radius 3 is 3.00 bits per heavy atom. The molecule has 1 atom stereocenters. The van der Waals surface area contributed by atoms with Crippen LogP contribution < -0.4 is 15.0 Å². The average Bonchev–Trinajstić information content (AvgIpc) is 2.32. The highest BCUT2D eigenvalue weighted by molar-refractivity contribution is 6.20. The average molecular weight is 241 g/mol. The molecule has 1 unspecified atom stereocenters. The van der Waals surface area contributed by atoms with Gasteiger partial charge in [-0.2, -0.15) is 0 Å². The quantitative estimate of drug-likeness (QED) is 0.629. The lowest BCUT2D eigenvalue weighted by Gasteiger charge is -2.26. The smallest absolute Gasteiger partial charge is 0.264 e. The van der Waals surface area contributed by atoms with Crippen LogP contribution in [-0.4, -0.2) is 26.6 Å². The van der Waals surface area contributed by atoms with E-state index in [1.54, 1.807) is 19.0 Å². The number of nitrogens with zero attached hydrogens (tertiary/aromatic N) is 1. The Kier molecular flexibility index (Phi) is 3.03. The van der Waals surface area contributed by atoms with Crippen LogP contribution in [0.5, 0.6) is 5.75 Å². The van der Waals surface area contributed by atoms with Gasteiger partial charge in [0.25, 0.3) is 5.91 Å². The predicted octanol–water partition coefficient (Wildman–Crippen LogP) is 1.50. The number of halogens is 1. The van der Waals surface area contributed by atoms with Gasteiger partial charge in [0.1, 0.15) is 11.3 Å². The normalized spacial score (nSPS) is 16.7. The van der Waals surface area contributed by atoms with Crippen molar-refractivity contribution in [2.45, 2.75) is 5.50 Å². The molecule has 2 rings (SSSR count). The maximum atomic E-state index is 11.5. The van der Waals surface area contributed by atoms with E-state index in [1.807, 2.05) is 18.2 Å². The second-order valence-electron chi connectivity index (χ2n) is 3.62. The third kappa shape index (κ3) is 1.86. The van der Waals surface area contributed by atoms with E-state index in [1.165, 1.54) is 0 Å². The fourth-order valence-corrected chi connectivity index (χ4v) is 1.75. The summed E-state index contributed by atoms with van der Waals surface area (Å²) < 4.78 is 5.32. The molecule has 86 valence electrons. The molecule has 1 aliphatic heterocycles. The third-order valence-electron chi connectivity index (χ3n) is 2.62. The van der Waals surface area contributed by atoms with Gasteiger partial charge in [-0.3, -0.25) is 4.79 Å². The van der Waals surface area contributed by atoms with Crippen LogP contribution in [0.2, 0.25) is 0 Å². The highest BCUT2D eigenvalue weighted by Gasteiger charge is 2.23. The van der Waals surface area contributed by atoms with E-state index in [9.17, 15) is 4.79 Å². The van der Waals surface area contributed by atoms with Crippen molar-refractivity contribution in [3.05, 3.63) is 23.8 Å². The highest BCUT2D eigenvalue weighted by Crippen LogP contribution is 2.34. The van der Waals surface area contributed by atoms with Gasteiger partial charge in [-0.25, -0.2) is 0 Å². The maximum Gasteiger partial charge on any atom is 0.264 e. The summed E-state index contributed by atoms with van der Waals surface area (Å²) in [5.74, 6) is 0.658. The molecule has 1 aromatic rings. The first-order valence-corrected chi connectivity index (χ1v) is 5.41. The first-order chi connectivity index (χ1) is 7.63. The molecule has 0 spiro atoms. The van der Waals surface area contributed by atoms with Crippen LogP contribution in [0.15, 0.2) is 18.2 Å². The maximum absolute atomic E-state index is 11.5. The number of alkyl halides is 1. The number of carbonyl (C=O) groups is 1. The summed E-state index contributed by atoms with van der Waals surface area (Å²) in [7, 11) is 3.51. The van der Waals surface area contributed by atoms with Crippen LogP contribution in [0.25, 0.3) is 0 Å². The number of ether oxygens (including phenoxy) is 1. The minimum absolute atomic E-state index is 0.0553. The summed E-state index contributed by atoms with van der Waals surface area (Å²) in [6, 6.07) is 5.58. The van der Waals surface area contributed by atoms with Crippen LogP contribution in [0.1, 0.15) is 11.1 Å². The molecule has 0 saturated carbocycles. The fraction of sp³-hybridized carbons (Fsp3) is 0.364. The molecule has 1 amide bonds. The van der Waals surface area contributed by atoms with Gasteiger partial charge in [-0.15, -0.1) is 11.6 Å². The Morgan fingerprint density at radius 2 is 2.31 bits per heavy atom. The number of fused-ring (bicyclic) bond motifs is 1. The van der Waals surface area contributed by atoms with Gasteiger partial charge >= 0.3 is 0 Å². The van der Waals surface area contributed by atoms with Crippen molar-refractivity contribution in [1.29, 1.82) is 0 Å². The van der Waals surface area contributed by atoms with Crippen molar-refractivity contribution in [2.75, 3.05) is 25.6 Å². The first kappa shape index (κ1) is 11.2. The largest absolute Gasteiger partial charge is 0.482 e. The van der Waals surface area contributed by atoms with Gasteiger partial charge in [0.05, 0.1) is 5.69 Å². The molecule has 5 heteroatoms. The molecule has 1 N–H and O–H groups in total. The van der Waals surface area contributed by atoms with E-state index in [-0.39, 0.29) is 18.0 Å². The van der Waals surface area contributed by atoms with E-state index in [2.05, 4.69) is 5.32 Å². The van der Waals surface area contributed by atoms with Crippen molar-refractivity contribution >= 4 is 23.2 Å². The lowest BCUT2D eigenvalue weighted by Crippen LogP contribution is -2.35. The Balaban J connectivity index is 2.40. The van der Waals surface area contributed by atoms with Crippen LogP contribution in [-0.2, 0) is 4.79 Å². The minimum atomic E-state index is -0.268. The van der Waals surface area contributed by atoms with Crippen molar-refractivity contribution in [3.63, 3.8) is 0 Å². The number of amides is 1. The zero-order chi connectivity index (χ0) is 11.7. The summed E-state index contributed by atoms with van der Waals surface area (Å²) in [5, 5.41) is 2.94. The summed E-state index contributed by atoms with van der Waals surface area (Å²) in [6.07, 6.45) is 0. The molecule has 0 aromatic heterocycles. The Bertz CT molecular complexity index is 422. The summed E-state index contributed by atoms with van der Waals surface area (Å²) in [6.45, 7) is 0.0964. The predicted molar refractivity (Wildman–Crippen MR) is 63.0 cm³/mol. The van der Waals surface area contributed by atoms with Crippen molar-refractivity contribution in [3.8, 4) is 5.75 Å². The van der Waals surface area contributed by atoms with E-state index in [4.69, 9.17) is 16.3 Å². The molecular weight excluding hydrogens is 228 g/mol. The number of hydrogen-bond donors (Lipinski definition) is 1. The standard InChI is InChI=1S/C11H13ClN2O2/c1-13-11(12)7-3-4-9-8(5-7)14(2)10(15)6-16-9/h3-5,11,13H,6H2,1-2H3. The number of rotatable bonds is 2. The monoisotopic (exact) mass is 240 g/mol. The molecule has 1 heterocycles. The molecule has 0 aliphatic carbocycles. The number of likely N-dealkylation sites (N-methyl/N-ethyl adjacent to an activating group) is 1. The van der Waals surface area contributed by atoms with Gasteiger partial charge in [-0.1, -0.05) is 6.07 Å².